The predicted octanol–water partition coefficient (Wildman–Crippen LogP) is 2.56. The normalized spacial score (nSPS) is 18.5. The first kappa shape index (κ1) is 16.2. The summed E-state index contributed by atoms with van der Waals surface area (Å²) in [5, 5.41) is 9.25. The highest BCUT2D eigenvalue weighted by Gasteiger charge is 2.37. The summed E-state index contributed by atoms with van der Waals surface area (Å²) < 4.78 is 13.6. The van der Waals surface area contributed by atoms with Crippen molar-refractivity contribution in [2.75, 3.05) is 5.32 Å². The number of aromatic nitrogens is 2. The highest BCUT2D eigenvalue weighted by Crippen LogP contribution is 2.28. The Morgan fingerprint density at radius 1 is 1.46 bits per heavy atom. The number of carbonyl (C=O) groups is 2. The maximum atomic E-state index is 13.6. The summed E-state index contributed by atoms with van der Waals surface area (Å²) in [6.45, 7) is 4.04. The quantitative estimate of drug-likeness (QED) is 0.908. The van der Waals surface area contributed by atoms with Gasteiger partial charge in [0.15, 0.2) is 0 Å². The molecule has 1 aromatic carbocycles. The van der Waals surface area contributed by atoms with Crippen LogP contribution in [0.15, 0.2) is 30.5 Å². The van der Waals surface area contributed by atoms with E-state index < -0.39 is 11.9 Å². The van der Waals surface area contributed by atoms with Gasteiger partial charge in [-0.05, 0) is 35.7 Å². The maximum Gasteiger partial charge on any atom is 0.272 e. The van der Waals surface area contributed by atoms with Gasteiger partial charge >= 0.3 is 0 Å². The molecule has 0 saturated heterocycles. The van der Waals surface area contributed by atoms with Crippen molar-refractivity contribution >= 4 is 17.5 Å². The average molecular weight is 330 g/mol. The minimum Gasteiger partial charge on any atom is -0.324 e. The SMILES string of the molecule is CC[C@H](C)[C@H]1C(=O)Nc2ccc(F)cc2CN1C(=O)c1ccn[nH]1. The minimum absolute atomic E-state index is 0.0453. The fraction of sp³-hybridized carbons (Fsp3) is 0.353. The van der Waals surface area contributed by atoms with Crippen molar-refractivity contribution in [3.63, 3.8) is 0 Å². The van der Waals surface area contributed by atoms with Gasteiger partial charge in [0.2, 0.25) is 5.91 Å². The molecular weight excluding hydrogens is 311 g/mol. The standard InChI is InChI=1S/C17H19FN4O2/c1-3-10(2)15-16(23)20-13-5-4-12(18)8-11(13)9-22(15)17(24)14-6-7-19-21-14/h4-8,10,15H,3,9H2,1-2H3,(H,19,21)(H,20,23)/t10-,15-/m0/s1. The van der Waals surface area contributed by atoms with Gasteiger partial charge in [-0.3, -0.25) is 14.7 Å². The highest BCUT2D eigenvalue weighted by molar-refractivity contribution is 6.02. The number of amides is 2. The van der Waals surface area contributed by atoms with Crippen LogP contribution in [-0.2, 0) is 11.3 Å². The number of benzene rings is 1. The van der Waals surface area contributed by atoms with E-state index in [-0.39, 0.29) is 24.3 Å². The lowest BCUT2D eigenvalue weighted by Crippen LogP contribution is -2.49. The molecular formula is C17H19FN4O2. The van der Waals surface area contributed by atoms with Crippen LogP contribution in [0.4, 0.5) is 10.1 Å². The van der Waals surface area contributed by atoms with Crippen LogP contribution in [0.2, 0.25) is 0 Å². The zero-order chi connectivity index (χ0) is 17.3. The lowest BCUT2D eigenvalue weighted by Gasteiger charge is -2.32. The lowest BCUT2D eigenvalue weighted by atomic mass is 9.96. The summed E-state index contributed by atoms with van der Waals surface area (Å²) in [6.07, 6.45) is 2.21. The number of rotatable bonds is 3. The Hall–Kier alpha value is -2.70. The van der Waals surface area contributed by atoms with Gasteiger partial charge < -0.3 is 10.2 Å². The molecule has 1 aromatic heterocycles. The summed E-state index contributed by atoms with van der Waals surface area (Å²) in [7, 11) is 0. The van der Waals surface area contributed by atoms with Gasteiger partial charge in [-0.1, -0.05) is 20.3 Å². The maximum absolute atomic E-state index is 13.6. The number of H-pyrrole nitrogens is 1. The largest absolute Gasteiger partial charge is 0.324 e. The molecule has 2 N–H and O–H groups in total. The Bertz CT molecular complexity index is 760. The van der Waals surface area contributed by atoms with E-state index in [1.807, 2.05) is 13.8 Å². The first-order chi connectivity index (χ1) is 11.5. The molecule has 7 heteroatoms. The minimum atomic E-state index is -0.638. The van der Waals surface area contributed by atoms with E-state index in [1.165, 1.54) is 29.3 Å². The second-order valence-electron chi connectivity index (χ2n) is 6.02. The lowest BCUT2D eigenvalue weighted by molar-refractivity contribution is -0.122. The Kier molecular flexibility index (Phi) is 4.33. The number of hydrogen-bond donors (Lipinski definition) is 2. The number of fused-ring (bicyclic) bond motifs is 1. The van der Waals surface area contributed by atoms with Crippen LogP contribution in [0.25, 0.3) is 0 Å². The monoisotopic (exact) mass is 330 g/mol. The molecule has 0 unspecified atom stereocenters. The molecule has 0 radical (unpaired) electrons. The second kappa shape index (κ2) is 6.43. The molecule has 2 amide bonds. The third-order valence-electron chi connectivity index (χ3n) is 4.45. The van der Waals surface area contributed by atoms with E-state index in [0.717, 1.165) is 6.42 Å². The molecule has 3 rings (SSSR count). The topological polar surface area (TPSA) is 78.1 Å². The first-order valence-electron chi connectivity index (χ1n) is 7.91. The Labute approximate surface area is 139 Å². The van der Waals surface area contributed by atoms with Crippen molar-refractivity contribution < 1.29 is 14.0 Å². The summed E-state index contributed by atoms with van der Waals surface area (Å²) in [6, 6.07) is 5.10. The zero-order valence-electron chi connectivity index (χ0n) is 13.5. The number of anilines is 1. The van der Waals surface area contributed by atoms with Crippen LogP contribution in [-0.4, -0.2) is 33.0 Å². The molecule has 0 bridgehead atoms. The molecule has 126 valence electrons. The molecule has 2 heterocycles. The van der Waals surface area contributed by atoms with Crippen LogP contribution < -0.4 is 5.32 Å². The number of halogens is 1. The summed E-state index contributed by atoms with van der Waals surface area (Å²) in [4.78, 5) is 27.1. The average Bonchev–Trinajstić information content (AvgIpc) is 3.05. The second-order valence-corrected chi connectivity index (χ2v) is 6.02. The van der Waals surface area contributed by atoms with Gasteiger partial charge in [-0.25, -0.2) is 4.39 Å². The first-order valence-corrected chi connectivity index (χ1v) is 7.91. The summed E-state index contributed by atoms with van der Waals surface area (Å²) >= 11 is 0. The van der Waals surface area contributed by atoms with E-state index in [1.54, 1.807) is 6.07 Å². The van der Waals surface area contributed by atoms with Gasteiger partial charge in [0, 0.05) is 18.4 Å². The van der Waals surface area contributed by atoms with E-state index in [0.29, 0.717) is 16.9 Å². The number of nitrogens with zero attached hydrogens (tertiary/aromatic N) is 2. The van der Waals surface area contributed by atoms with Gasteiger partial charge in [0.05, 0.1) is 0 Å². The molecule has 0 fully saturated rings. The van der Waals surface area contributed by atoms with Crippen molar-refractivity contribution in [1.29, 1.82) is 0 Å². The van der Waals surface area contributed by atoms with Crippen LogP contribution in [0.5, 0.6) is 0 Å². The van der Waals surface area contributed by atoms with Gasteiger partial charge in [0.1, 0.15) is 17.6 Å². The van der Waals surface area contributed by atoms with Gasteiger partial charge in [-0.15, -0.1) is 0 Å². The molecule has 24 heavy (non-hydrogen) atoms. The van der Waals surface area contributed by atoms with Crippen molar-refractivity contribution in [3.05, 3.63) is 47.5 Å². The molecule has 1 aliphatic heterocycles. The number of carbonyl (C=O) groups excluding carboxylic acids is 2. The third kappa shape index (κ3) is 2.89. The number of nitrogens with one attached hydrogen (secondary N) is 2. The molecule has 0 saturated carbocycles. The fourth-order valence-electron chi connectivity index (χ4n) is 2.96. The van der Waals surface area contributed by atoms with Crippen LogP contribution >= 0.6 is 0 Å². The van der Waals surface area contributed by atoms with Crippen molar-refractivity contribution in [3.8, 4) is 0 Å². The van der Waals surface area contributed by atoms with E-state index in [2.05, 4.69) is 15.5 Å². The number of hydrogen-bond acceptors (Lipinski definition) is 3. The Morgan fingerprint density at radius 3 is 2.92 bits per heavy atom. The molecule has 6 nitrogen and oxygen atoms in total. The van der Waals surface area contributed by atoms with Crippen LogP contribution in [0.1, 0.15) is 36.3 Å². The zero-order valence-corrected chi connectivity index (χ0v) is 13.5. The highest BCUT2D eigenvalue weighted by atomic mass is 19.1. The van der Waals surface area contributed by atoms with Gasteiger partial charge in [-0.2, -0.15) is 5.10 Å². The Balaban J connectivity index is 2.05. The Morgan fingerprint density at radius 2 is 2.25 bits per heavy atom. The van der Waals surface area contributed by atoms with E-state index in [4.69, 9.17) is 0 Å². The summed E-state index contributed by atoms with van der Waals surface area (Å²) in [5.74, 6) is -1.04. The van der Waals surface area contributed by atoms with Crippen molar-refractivity contribution in [2.45, 2.75) is 32.9 Å². The van der Waals surface area contributed by atoms with Crippen molar-refractivity contribution in [2.24, 2.45) is 5.92 Å². The smallest absolute Gasteiger partial charge is 0.272 e. The van der Waals surface area contributed by atoms with Gasteiger partial charge in [0.25, 0.3) is 5.91 Å². The molecule has 2 atom stereocenters. The van der Waals surface area contributed by atoms with Crippen LogP contribution in [0, 0.1) is 11.7 Å². The van der Waals surface area contributed by atoms with Crippen molar-refractivity contribution in [1.82, 2.24) is 15.1 Å². The molecule has 0 spiro atoms. The van der Waals surface area contributed by atoms with Crippen LogP contribution in [0.3, 0.4) is 0 Å². The van der Waals surface area contributed by atoms with E-state index in [9.17, 15) is 14.0 Å². The molecule has 1 aliphatic rings. The van der Waals surface area contributed by atoms with E-state index >= 15 is 0 Å². The molecule has 0 aliphatic carbocycles. The number of aromatic amines is 1. The fourth-order valence-corrected chi connectivity index (χ4v) is 2.96. The third-order valence-corrected chi connectivity index (χ3v) is 4.45. The predicted molar refractivity (Wildman–Crippen MR) is 86.7 cm³/mol. The summed E-state index contributed by atoms with van der Waals surface area (Å²) in [5.41, 5.74) is 1.41. The molecule has 2 aromatic rings.